The molecule has 0 fully saturated rings. The predicted molar refractivity (Wildman–Crippen MR) is 166 cm³/mol. The lowest BCUT2D eigenvalue weighted by molar-refractivity contribution is -0.131. The van der Waals surface area contributed by atoms with Crippen molar-refractivity contribution in [1.29, 1.82) is 5.26 Å². The van der Waals surface area contributed by atoms with E-state index in [9.17, 15) is 14.0 Å². The number of hydrogen-bond acceptors (Lipinski definition) is 6. The molecule has 0 unspecified atom stereocenters. The molecule has 0 aliphatic carbocycles. The first kappa shape index (κ1) is 30.3. The number of hydrogen-bond donors (Lipinski definition) is 1. The Morgan fingerprint density at radius 2 is 1.82 bits per heavy atom. The van der Waals surface area contributed by atoms with Gasteiger partial charge in [0.15, 0.2) is 11.9 Å². The van der Waals surface area contributed by atoms with Gasteiger partial charge in [-0.15, -0.1) is 0 Å². The zero-order valence-corrected chi connectivity index (χ0v) is 24.8. The minimum atomic E-state index is -0.730. The molecule has 0 bridgehead atoms. The van der Waals surface area contributed by atoms with Gasteiger partial charge in [0.2, 0.25) is 0 Å². The number of carbonyl (C=O) groups excluding carboxylic acids is 2. The third-order valence-corrected chi connectivity index (χ3v) is 7.66. The topological polar surface area (TPSA) is 110 Å². The summed E-state index contributed by atoms with van der Waals surface area (Å²) in [7, 11) is 3.06. The number of methoxy groups -OCH3 is 1. The van der Waals surface area contributed by atoms with E-state index in [4.69, 9.17) is 20.0 Å². The summed E-state index contributed by atoms with van der Waals surface area (Å²) in [4.78, 5) is 34.2. The fraction of sp³-hybridized carbons (Fsp3) is 0.229. The maximum Gasteiger partial charge on any atom is 0.250 e. The molecule has 0 aliphatic rings. The molecule has 5 rings (SSSR count). The summed E-state index contributed by atoms with van der Waals surface area (Å²) in [5.74, 6) is 0.0687. The van der Waals surface area contributed by atoms with Crippen LogP contribution in [-0.2, 0) is 35.3 Å². The highest BCUT2D eigenvalue weighted by Gasteiger charge is 2.21. The first-order valence-electron chi connectivity index (χ1n) is 14.3. The molecule has 0 aliphatic heterocycles. The summed E-state index contributed by atoms with van der Waals surface area (Å²) in [6, 6.07) is 25.7. The van der Waals surface area contributed by atoms with Gasteiger partial charge in [0, 0.05) is 37.4 Å². The molecule has 0 spiro atoms. The fourth-order valence-electron chi connectivity index (χ4n) is 5.16. The summed E-state index contributed by atoms with van der Waals surface area (Å²) in [5, 5.41) is 11.6. The van der Waals surface area contributed by atoms with Crippen LogP contribution in [0.5, 0.6) is 0 Å². The number of likely N-dealkylation sites (N-methyl/N-ethyl adjacent to an activating group) is 1. The fourth-order valence-corrected chi connectivity index (χ4v) is 5.16. The van der Waals surface area contributed by atoms with Gasteiger partial charge in [-0.25, -0.2) is 9.37 Å². The monoisotopic (exact) mass is 589 g/mol. The van der Waals surface area contributed by atoms with Crippen LogP contribution in [0.4, 0.5) is 4.39 Å². The average molecular weight is 590 g/mol. The van der Waals surface area contributed by atoms with E-state index in [1.807, 2.05) is 65.2 Å². The van der Waals surface area contributed by atoms with Crippen LogP contribution < -0.4 is 5.32 Å². The Kier molecular flexibility index (Phi) is 9.22. The van der Waals surface area contributed by atoms with Gasteiger partial charge in [-0.2, -0.15) is 5.26 Å². The van der Waals surface area contributed by atoms with Crippen molar-refractivity contribution >= 4 is 22.7 Å². The second-order valence-electron chi connectivity index (χ2n) is 10.5. The third-order valence-electron chi connectivity index (χ3n) is 7.66. The number of aryl methyl sites for hydroxylation is 2. The Morgan fingerprint density at radius 1 is 1.02 bits per heavy atom. The van der Waals surface area contributed by atoms with E-state index in [0.717, 1.165) is 39.4 Å². The minimum absolute atomic E-state index is 0.0505. The van der Waals surface area contributed by atoms with E-state index < -0.39 is 6.10 Å². The zero-order chi connectivity index (χ0) is 31.2. The van der Waals surface area contributed by atoms with Crippen molar-refractivity contribution < 1.29 is 18.7 Å². The largest absolute Gasteiger partial charge is 0.370 e. The third kappa shape index (κ3) is 6.72. The molecule has 1 amide bonds. The number of ketones is 1. The van der Waals surface area contributed by atoms with Gasteiger partial charge in [0.05, 0.1) is 34.9 Å². The normalized spacial score (nSPS) is 11.7. The predicted octanol–water partition coefficient (Wildman–Crippen LogP) is 5.45. The zero-order valence-electron chi connectivity index (χ0n) is 24.8. The highest BCUT2D eigenvalue weighted by molar-refractivity contribution is 5.97. The Labute approximate surface area is 255 Å². The van der Waals surface area contributed by atoms with Gasteiger partial charge in [-0.1, -0.05) is 36.4 Å². The number of amides is 1. The number of carbonyl (C=O) groups is 2. The standard InChI is InChI=1S/C35H32FN5O3/c1-22(42)27-14-16-31-32(19-27)41(21-33(44-3)35(43)38-2)34(40-31)18-23-7-11-26(12-8-23)30-6-4-5-28(39-30)15-13-25-10-9-24(20-37)17-29(25)36/h4-12,14,16-17,19,33H,13,15,18,21H2,1-3H3,(H,38,43)/t33-/m0/s1. The molecule has 9 heteroatoms. The number of halogens is 1. The highest BCUT2D eigenvalue weighted by Crippen LogP contribution is 2.24. The van der Waals surface area contributed by atoms with Crippen LogP contribution in [0.1, 0.15) is 45.5 Å². The quantitative estimate of drug-likeness (QED) is 0.205. The summed E-state index contributed by atoms with van der Waals surface area (Å²) in [6.07, 6.45) is 0.810. The number of ether oxygens (including phenoxy) is 1. The molecule has 2 aromatic heterocycles. The summed E-state index contributed by atoms with van der Waals surface area (Å²) >= 11 is 0. The van der Waals surface area contributed by atoms with Crippen molar-refractivity contribution in [3.63, 3.8) is 0 Å². The number of rotatable bonds is 11. The number of nitriles is 1. The van der Waals surface area contributed by atoms with Gasteiger partial charge in [0.1, 0.15) is 11.6 Å². The van der Waals surface area contributed by atoms with Gasteiger partial charge in [0.25, 0.3) is 5.91 Å². The summed E-state index contributed by atoms with van der Waals surface area (Å²) in [5.41, 5.74) is 6.53. The second-order valence-corrected chi connectivity index (χ2v) is 10.5. The van der Waals surface area contributed by atoms with Crippen molar-refractivity contribution in [2.45, 2.75) is 38.8 Å². The Morgan fingerprint density at radius 3 is 2.50 bits per heavy atom. The van der Waals surface area contributed by atoms with Crippen LogP contribution in [0.25, 0.3) is 22.3 Å². The average Bonchev–Trinajstić information content (AvgIpc) is 3.38. The molecule has 3 aromatic carbocycles. The summed E-state index contributed by atoms with van der Waals surface area (Å²) in [6.45, 7) is 1.76. The molecule has 0 saturated heterocycles. The number of benzene rings is 3. The maximum absolute atomic E-state index is 14.3. The molecule has 8 nitrogen and oxygen atoms in total. The van der Waals surface area contributed by atoms with E-state index in [0.29, 0.717) is 36.0 Å². The SMILES string of the molecule is CNC(=O)[C@H](Cn1c(Cc2ccc(-c3cccc(CCc4ccc(C#N)cc4F)n3)cc2)nc2ccc(C(C)=O)cc21)OC. The van der Waals surface area contributed by atoms with Crippen LogP contribution >= 0.6 is 0 Å². The molecular formula is C35H32FN5O3. The molecule has 0 radical (unpaired) electrons. The molecule has 0 saturated carbocycles. The number of imidazole rings is 1. The van der Waals surface area contributed by atoms with E-state index >= 15 is 0 Å². The molecule has 44 heavy (non-hydrogen) atoms. The van der Waals surface area contributed by atoms with Gasteiger partial charge in [-0.3, -0.25) is 14.6 Å². The van der Waals surface area contributed by atoms with Crippen molar-refractivity contribution in [2.75, 3.05) is 14.2 Å². The molecular weight excluding hydrogens is 557 g/mol. The second kappa shape index (κ2) is 13.4. The lowest BCUT2D eigenvalue weighted by atomic mass is 10.0. The van der Waals surface area contributed by atoms with Crippen molar-refractivity contribution in [2.24, 2.45) is 0 Å². The number of aromatic nitrogens is 3. The molecule has 5 aromatic rings. The highest BCUT2D eigenvalue weighted by atomic mass is 19.1. The smallest absolute Gasteiger partial charge is 0.250 e. The number of nitrogens with one attached hydrogen (secondary N) is 1. The molecule has 1 atom stereocenters. The van der Waals surface area contributed by atoms with Crippen LogP contribution in [0.3, 0.4) is 0 Å². The molecule has 1 N–H and O–H groups in total. The minimum Gasteiger partial charge on any atom is -0.370 e. The first-order chi connectivity index (χ1) is 21.3. The lowest BCUT2D eigenvalue weighted by Crippen LogP contribution is -2.36. The van der Waals surface area contributed by atoms with Crippen LogP contribution in [0, 0.1) is 17.1 Å². The van der Waals surface area contributed by atoms with Crippen molar-refractivity contribution in [3.8, 4) is 17.3 Å². The number of fused-ring (bicyclic) bond motifs is 1. The molecule has 222 valence electrons. The van der Waals surface area contributed by atoms with Gasteiger partial charge in [-0.05, 0) is 73.4 Å². The van der Waals surface area contributed by atoms with Crippen LogP contribution in [0.2, 0.25) is 0 Å². The number of pyridine rings is 1. The van der Waals surface area contributed by atoms with E-state index in [2.05, 4.69) is 5.32 Å². The van der Waals surface area contributed by atoms with E-state index in [1.165, 1.54) is 20.1 Å². The maximum atomic E-state index is 14.3. The number of nitrogens with zero attached hydrogens (tertiary/aromatic N) is 4. The molecule has 2 heterocycles. The lowest BCUT2D eigenvalue weighted by Gasteiger charge is -2.17. The Bertz CT molecular complexity index is 1870. The summed E-state index contributed by atoms with van der Waals surface area (Å²) < 4.78 is 21.8. The van der Waals surface area contributed by atoms with Gasteiger partial charge >= 0.3 is 0 Å². The van der Waals surface area contributed by atoms with Crippen LogP contribution in [0.15, 0.2) is 78.9 Å². The van der Waals surface area contributed by atoms with Crippen molar-refractivity contribution in [1.82, 2.24) is 19.9 Å². The van der Waals surface area contributed by atoms with Gasteiger partial charge < -0.3 is 14.6 Å². The van der Waals surface area contributed by atoms with Crippen LogP contribution in [-0.4, -0.2) is 46.5 Å². The van der Waals surface area contributed by atoms with Crippen molar-refractivity contribution in [3.05, 3.63) is 118 Å². The van der Waals surface area contributed by atoms with E-state index in [-0.39, 0.29) is 24.1 Å². The Hall–Kier alpha value is -5.20. The van der Waals surface area contributed by atoms with E-state index in [1.54, 1.807) is 25.2 Å². The Balaban J connectivity index is 1.36. The first-order valence-corrected chi connectivity index (χ1v) is 14.3. The number of Topliss-reactive ketones (excluding diaryl/α,β-unsaturated/α-hetero) is 1.